The van der Waals surface area contributed by atoms with Crippen molar-refractivity contribution in [1.29, 1.82) is 0 Å². The van der Waals surface area contributed by atoms with Crippen LogP contribution >= 0.6 is 38.9 Å². The molecule has 1 aromatic rings. The predicted octanol–water partition coefficient (Wildman–Crippen LogP) is 3.05. The van der Waals surface area contributed by atoms with Crippen LogP contribution in [-0.4, -0.2) is 13.4 Å². The van der Waals surface area contributed by atoms with E-state index in [-0.39, 0.29) is 0 Å². The van der Waals surface area contributed by atoms with E-state index >= 15 is 0 Å². The number of ether oxygens (including phenoxy) is 1. The Labute approximate surface area is 87.6 Å². The number of rotatable bonds is 3. The van der Waals surface area contributed by atoms with Crippen molar-refractivity contribution in [3.8, 4) is 0 Å². The molecule has 1 atom stereocenters. The minimum atomic E-state index is -0.501. The van der Waals surface area contributed by atoms with Gasteiger partial charge in [-0.2, -0.15) is 0 Å². The molecule has 0 amide bonds. The van der Waals surface area contributed by atoms with Gasteiger partial charge in [0.15, 0.2) is 6.29 Å². The first kappa shape index (κ1) is 10.2. The average Bonchev–Trinajstić information content (AvgIpc) is 2.35. The van der Waals surface area contributed by atoms with Gasteiger partial charge in [0.2, 0.25) is 0 Å². The number of thiophene rings is 1. The number of carbonyl (C=O) groups is 1. The first-order chi connectivity index (χ1) is 5.69. The third-order valence-electron chi connectivity index (χ3n) is 1.32. The first-order valence-electron chi connectivity index (χ1n) is 3.12. The Bertz CT molecular complexity index is 267. The summed E-state index contributed by atoms with van der Waals surface area (Å²) in [6.45, 7) is 0. The molecule has 0 aromatic carbocycles. The lowest BCUT2D eigenvalue weighted by Crippen LogP contribution is -1.99. The minimum absolute atomic E-state index is 0.501. The quantitative estimate of drug-likeness (QED) is 0.788. The Kier molecular flexibility index (Phi) is 3.71. The van der Waals surface area contributed by atoms with Crippen molar-refractivity contribution >= 4 is 45.2 Å². The van der Waals surface area contributed by atoms with Crippen molar-refractivity contribution < 1.29 is 9.53 Å². The SMILES string of the molecule is COC(C=O)c1cc(Br)c(Cl)s1. The van der Waals surface area contributed by atoms with Gasteiger partial charge in [-0.05, 0) is 22.0 Å². The van der Waals surface area contributed by atoms with E-state index in [0.717, 1.165) is 15.6 Å². The predicted molar refractivity (Wildman–Crippen MR) is 52.8 cm³/mol. The molecule has 0 aliphatic heterocycles. The molecule has 0 aliphatic rings. The maximum Gasteiger partial charge on any atom is 0.154 e. The number of aldehydes is 1. The molecule has 1 aromatic heterocycles. The Morgan fingerprint density at radius 3 is 2.83 bits per heavy atom. The van der Waals surface area contributed by atoms with Crippen molar-refractivity contribution in [2.45, 2.75) is 6.10 Å². The van der Waals surface area contributed by atoms with Crippen molar-refractivity contribution in [3.63, 3.8) is 0 Å². The molecule has 66 valence electrons. The molecule has 12 heavy (non-hydrogen) atoms. The molecule has 1 heterocycles. The van der Waals surface area contributed by atoms with Gasteiger partial charge in [0.25, 0.3) is 0 Å². The van der Waals surface area contributed by atoms with Crippen molar-refractivity contribution in [1.82, 2.24) is 0 Å². The number of hydrogen-bond donors (Lipinski definition) is 0. The number of halogens is 2. The van der Waals surface area contributed by atoms with Crippen LogP contribution in [-0.2, 0) is 9.53 Å². The Morgan fingerprint density at radius 1 is 1.83 bits per heavy atom. The highest BCUT2D eigenvalue weighted by Crippen LogP contribution is 2.35. The van der Waals surface area contributed by atoms with Gasteiger partial charge in [0.05, 0.1) is 0 Å². The number of methoxy groups -OCH3 is 1. The monoisotopic (exact) mass is 268 g/mol. The summed E-state index contributed by atoms with van der Waals surface area (Å²) in [5.74, 6) is 0. The lowest BCUT2D eigenvalue weighted by molar-refractivity contribution is -0.116. The molecule has 0 radical (unpaired) electrons. The van der Waals surface area contributed by atoms with Crippen LogP contribution in [0.4, 0.5) is 0 Å². The Morgan fingerprint density at radius 2 is 2.50 bits per heavy atom. The van der Waals surface area contributed by atoms with E-state index in [2.05, 4.69) is 15.9 Å². The lowest BCUT2D eigenvalue weighted by Gasteiger charge is -2.02. The van der Waals surface area contributed by atoms with Gasteiger partial charge in [-0.15, -0.1) is 11.3 Å². The standard InChI is InChI=1S/C7H6BrClO2S/c1-11-5(3-10)6-2-4(8)7(9)12-6/h2-3,5H,1H3. The van der Waals surface area contributed by atoms with Crippen molar-refractivity contribution in [2.24, 2.45) is 0 Å². The van der Waals surface area contributed by atoms with Gasteiger partial charge in [-0.25, -0.2) is 0 Å². The summed E-state index contributed by atoms with van der Waals surface area (Å²) < 4.78 is 6.35. The summed E-state index contributed by atoms with van der Waals surface area (Å²) in [7, 11) is 1.49. The smallest absolute Gasteiger partial charge is 0.154 e. The summed E-state index contributed by atoms with van der Waals surface area (Å²) in [5.41, 5.74) is 0. The highest BCUT2D eigenvalue weighted by Gasteiger charge is 2.13. The fourth-order valence-corrected chi connectivity index (χ4v) is 2.51. The zero-order chi connectivity index (χ0) is 9.14. The molecule has 5 heteroatoms. The fourth-order valence-electron chi connectivity index (χ4n) is 0.742. The van der Waals surface area contributed by atoms with Gasteiger partial charge in [-0.3, -0.25) is 0 Å². The van der Waals surface area contributed by atoms with Crippen LogP contribution in [0.25, 0.3) is 0 Å². The summed E-state index contributed by atoms with van der Waals surface area (Å²) >= 11 is 10.4. The molecule has 0 fully saturated rings. The van der Waals surface area contributed by atoms with E-state index in [1.54, 1.807) is 6.07 Å². The second-order valence-corrected chi connectivity index (χ2v) is 4.60. The van der Waals surface area contributed by atoms with Crippen molar-refractivity contribution in [3.05, 3.63) is 19.8 Å². The van der Waals surface area contributed by atoms with Crippen LogP contribution in [0.3, 0.4) is 0 Å². The highest BCUT2D eigenvalue weighted by molar-refractivity contribution is 9.10. The Balaban J connectivity index is 2.94. The summed E-state index contributed by atoms with van der Waals surface area (Å²) in [6, 6.07) is 1.79. The molecular weight excluding hydrogens is 263 g/mol. The van der Waals surface area contributed by atoms with E-state index < -0.39 is 6.10 Å². The molecular formula is C7H6BrClO2S. The topological polar surface area (TPSA) is 26.3 Å². The van der Waals surface area contributed by atoms with Crippen LogP contribution in [0.15, 0.2) is 10.5 Å². The van der Waals surface area contributed by atoms with E-state index in [9.17, 15) is 4.79 Å². The van der Waals surface area contributed by atoms with Crippen molar-refractivity contribution in [2.75, 3.05) is 7.11 Å². The van der Waals surface area contributed by atoms with E-state index in [1.807, 2.05) is 0 Å². The molecule has 1 rings (SSSR count). The maximum absolute atomic E-state index is 10.5. The van der Waals surface area contributed by atoms with Gasteiger partial charge in [-0.1, -0.05) is 11.6 Å². The van der Waals surface area contributed by atoms with Gasteiger partial charge in [0, 0.05) is 16.5 Å². The molecule has 0 aliphatic carbocycles. The molecule has 0 spiro atoms. The molecule has 0 bridgehead atoms. The van der Waals surface area contributed by atoms with Gasteiger partial charge < -0.3 is 9.53 Å². The van der Waals surface area contributed by atoms with Crippen LogP contribution in [0, 0.1) is 0 Å². The second kappa shape index (κ2) is 4.37. The van der Waals surface area contributed by atoms with E-state index in [0.29, 0.717) is 4.34 Å². The minimum Gasteiger partial charge on any atom is -0.368 e. The van der Waals surface area contributed by atoms with E-state index in [1.165, 1.54) is 18.4 Å². The third kappa shape index (κ3) is 2.07. The molecule has 0 saturated heterocycles. The largest absolute Gasteiger partial charge is 0.368 e. The second-order valence-electron chi connectivity index (χ2n) is 2.06. The van der Waals surface area contributed by atoms with Crippen LogP contribution in [0.1, 0.15) is 11.0 Å². The van der Waals surface area contributed by atoms with Crippen LogP contribution < -0.4 is 0 Å². The number of carbonyl (C=O) groups excluding carboxylic acids is 1. The van der Waals surface area contributed by atoms with E-state index in [4.69, 9.17) is 16.3 Å². The Hall–Kier alpha value is 0.1000. The molecule has 0 N–H and O–H groups in total. The van der Waals surface area contributed by atoms with Crippen LogP contribution in [0.5, 0.6) is 0 Å². The molecule has 0 saturated carbocycles. The zero-order valence-corrected chi connectivity index (χ0v) is 9.37. The molecule has 2 nitrogen and oxygen atoms in total. The van der Waals surface area contributed by atoms with Crippen LogP contribution in [0.2, 0.25) is 4.34 Å². The zero-order valence-electron chi connectivity index (χ0n) is 6.21. The fraction of sp³-hybridized carbons (Fsp3) is 0.286. The highest BCUT2D eigenvalue weighted by atomic mass is 79.9. The normalized spacial score (nSPS) is 12.9. The first-order valence-corrected chi connectivity index (χ1v) is 5.10. The lowest BCUT2D eigenvalue weighted by atomic mass is 10.3. The van der Waals surface area contributed by atoms with Gasteiger partial charge in [0.1, 0.15) is 10.4 Å². The molecule has 1 unspecified atom stereocenters. The maximum atomic E-state index is 10.5. The number of hydrogen-bond acceptors (Lipinski definition) is 3. The van der Waals surface area contributed by atoms with Gasteiger partial charge >= 0.3 is 0 Å². The average molecular weight is 270 g/mol. The third-order valence-corrected chi connectivity index (χ3v) is 3.86. The summed E-state index contributed by atoms with van der Waals surface area (Å²) in [5, 5.41) is 0. The summed E-state index contributed by atoms with van der Waals surface area (Å²) in [4.78, 5) is 11.3. The summed E-state index contributed by atoms with van der Waals surface area (Å²) in [6.07, 6.45) is 0.244.